The smallest absolute Gasteiger partial charge is 0.172 e. The van der Waals surface area contributed by atoms with Gasteiger partial charge in [-0.3, -0.25) is 0 Å². The summed E-state index contributed by atoms with van der Waals surface area (Å²) in [6, 6.07) is 2.41. The molecule has 0 aliphatic carbocycles. The molecule has 0 amide bonds. The summed E-state index contributed by atoms with van der Waals surface area (Å²) in [5.74, 6) is 1.79. The van der Waals surface area contributed by atoms with Crippen LogP contribution in [0.1, 0.15) is 18.6 Å². The molecule has 1 aromatic rings. The van der Waals surface area contributed by atoms with E-state index in [9.17, 15) is 0 Å². The first kappa shape index (κ1) is 8.56. The molecule has 4 heteroatoms. The Hall–Kier alpha value is -1.03. The number of aryl methyl sites for hydroxylation is 1. The Kier molecular flexibility index (Phi) is 2.22. The Morgan fingerprint density at radius 2 is 2.62 bits per heavy atom. The van der Waals surface area contributed by atoms with Crippen LogP contribution in [0, 0.1) is 6.92 Å². The van der Waals surface area contributed by atoms with Crippen molar-refractivity contribution < 1.29 is 4.52 Å². The maximum Gasteiger partial charge on any atom is 0.172 e. The Morgan fingerprint density at radius 3 is 3.23 bits per heavy atom. The molecule has 72 valence electrons. The van der Waals surface area contributed by atoms with Crippen LogP contribution in [0.5, 0.6) is 0 Å². The second-order valence-corrected chi connectivity index (χ2v) is 3.52. The van der Waals surface area contributed by atoms with Crippen molar-refractivity contribution in [1.82, 2.24) is 5.16 Å². The third-order valence-electron chi connectivity index (χ3n) is 2.56. The van der Waals surface area contributed by atoms with Gasteiger partial charge in [-0.15, -0.1) is 0 Å². The zero-order valence-corrected chi connectivity index (χ0v) is 7.86. The topological polar surface area (TPSA) is 55.3 Å². The number of nitrogens with two attached hydrogens (primary N) is 1. The maximum atomic E-state index is 5.67. The van der Waals surface area contributed by atoms with E-state index in [4.69, 9.17) is 10.3 Å². The quantitative estimate of drug-likeness (QED) is 0.736. The Labute approximate surface area is 77.7 Å². The molecule has 1 aliphatic rings. The van der Waals surface area contributed by atoms with Gasteiger partial charge in [0.05, 0.1) is 0 Å². The van der Waals surface area contributed by atoms with Crippen molar-refractivity contribution in [2.75, 3.05) is 18.0 Å². The van der Waals surface area contributed by atoms with Crippen LogP contribution in [0.2, 0.25) is 0 Å². The van der Waals surface area contributed by atoms with Gasteiger partial charge in [0.1, 0.15) is 5.76 Å². The fraction of sp³-hybridized carbons (Fsp3) is 0.667. The third-order valence-corrected chi connectivity index (χ3v) is 2.56. The molecule has 0 radical (unpaired) electrons. The van der Waals surface area contributed by atoms with Gasteiger partial charge < -0.3 is 15.2 Å². The SMILES string of the molecule is Cc1cc(N2CCCC2CN)no1. The van der Waals surface area contributed by atoms with Gasteiger partial charge in [-0.05, 0) is 19.8 Å². The van der Waals surface area contributed by atoms with E-state index in [0.29, 0.717) is 12.6 Å². The summed E-state index contributed by atoms with van der Waals surface area (Å²) in [5, 5.41) is 3.99. The molecule has 0 bridgehead atoms. The lowest BCUT2D eigenvalue weighted by atomic mass is 10.2. The number of nitrogens with zero attached hydrogens (tertiary/aromatic N) is 2. The average Bonchev–Trinajstić information content (AvgIpc) is 2.71. The lowest BCUT2D eigenvalue weighted by Gasteiger charge is -2.21. The molecule has 1 fully saturated rings. The molecule has 1 saturated heterocycles. The second-order valence-electron chi connectivity index (χ2n) is 3.52. The fourth-order valence-electron chi connectivity index (χ4n) is 1.87. The Balaban J connectivity index is 2.15. The third kappa shape index (κ3) is 1.54. The predicted molar refractivity (Wildman–Crippen MR) is 50.7 cm³/mol. The lowest BCUT2D eigenvalue weighted by Crippen LogP contribution is -2.35. The number of anilines is 1. The molecule has 2 heterocycles. The van der Waals surface area contributed by atoms with Crippen molar-refractivity contribution in [2.24, 2.45) is 5.73 Å². The maximum absolute atomic E-state index is 5.67. The van der Waals surface area contributed by atoms with Gasteiger partial charge in [0, 0.05) is 25.2 Å². The summed E-state index contributed by atoms with van der Waals surface area (Å²) in [7, 11) is 0. The van der Waals surface area contributed by atoms with Crippen molar-refractivity contribution in [3.05, 3.63) is 11.8 Å². The lowest BCUT2D eigenvalue weighted by molar-refractivity contribution is 0.396. The molecule has 1 aliphatic heterocycles. The first-order valence-electron chi connectivity index (χ1n) is 4.71. The summed E-state index contributed by atoms with van der Waals surface area (Å²) in [4.78, 5) is 2.23. The number of aromatic nitrogens is 1. The van der Waals surface area contributed by atoms with E-state index in [1.165, 1.54) is 12.8 Å². The molecule has 2 N–H and O–H groups in total. The van der Waals surface area contributed by atoms with Gasteiger partial charge in [-0.2, -0.15) is 0 Å². The molecule has 2 rings (SSSR count). The molecular formula is C9H15N3O. The van der Waals surface area contributed by atoms with Crippen LogP contribution in [0.15, 0.2) is 10.6 Å². The molecule has 0 aromatic carbocycles. The minimum absolute atomic E-state index is 0.449. The Bertz CT molecular complexity index is 284. The molecule has 1 aromatic heterocycles. The van der Waals surface area contributed by atoms with E-state index in [0.717, 1.165) is 18.1 Å². The molecule has 1 unspecified atom stereocenters. The van der Waals surface area contributed by atoms with Gasteiger partial charge in [-0.1, -0.05) is 5.16 Å². The van der Waals surface area contributed by atoms with Crippen LogP contribution in [0.3, 0.4) is 0 Å². The van der Waals surface area contributed by atoms with E-state index in [1.807, 2.05) is 13.0 Å². The van der Waals surface area contributed by atoms with E-state index < -0.39 is 0 Å². The van der Waals surface area contributed by atoms with Crippen LogP contribution < -0.4 is 10.6 Å². The first-order valence-corrected chi connectivity index (χ1v) is 4.71. The van der Waals surface area contributed by atoms with Crippen molar-refractivity contribution in [3.63, 3.8) is 0 Å². The van der Waals surface area contributed by atoms with Crippen molar-refractivity contribution in [3.8, 4) is 0 Å². The summed E-state index contributed by atoms with van der Waals surface area (Å²) in [6.07, 6.45) is 2.37. The van der Waals surface area contributed by atoms with Crippen LogP contribution in [0.25, 0.3) is 0 Å². The van der Waals surface area contributed by atoms with E-state index in [-0.39, 0.29) is 0 Å². The summed E-state index contributed by atoms with van der Waals surface area (Å²) >= 11 is 0. The molecule has 0 saturated carbocycles. The van der Waals surface area contributed by atoms with Crippen molar-refractivity contribution in [1.29, 1.82) is 0 Å². The second kappa shape index (κ2) is 3.38. The van der Waals surface area contributed by atoms with Crippen LogP contribution in [0.4, 0.5) is 5.82 Å². The highest BCUT2D eigenvalue weighted by Crippen LogP contribution is 2.24. The molecule has 1 atom stereocenters. The highest BCUT2D eigenvalue weighted by atomic mass is 16.5. The highest BCUT2D eigenvalue weighted by Gasteiger charge is 2.25. The normalized spacial score (nSPS) is 22.6. The summed E-state index contributed by atoms with van der Waals surface area (Å²) in [5.41, 5.74) is 5.67. The van der Waals surface area contributed by atoms with E-state index in [1.54, 1.807) is 0 Å². The largest absolute Gasteiger partial charge is 0.360 e. The standard InChI is InChI=1S/C9H15N3O/c1-7-5-9(11-13-7)12-4-2-3-8(12)6-10/h5,8H,2-4,6,10H2,1H3. The number of rotatable bonds is 2. The van der Waals surface area contributed by atoms with E-state index >= 15 is 0 Å². The van der Waals surface area contributed by atoms with E-state index in [2.05, 4.69) is 10.1 Å². The molecule has 0 spiro atoms. The van der Waals surface area contributed by atoms with Gasteiger partial charge in [0.25, 0.3) is 0 Å². The molecule has 13 heavy (non-hydrogen) atoms. The summed E-state index contributed by atoms with van der Waals surface area (Å²) < 4.78 is 5.04. The first-order chi connectivity index (χ1) is 6.31. The minimum Gasteiger partial charge on any atom is -0.360 e. The van der Waals surface area contributed by atoms with Crippen molar-refractivity contribution in [2.45, 2.75) is 25.8 Å². The fourth-order valence-corrected chi connectivity index (χ4v) is 1.87. The average molecular weight is 181 g/mol. The van der Waals surface area contributed by atoms with Gasteiger partial charge in [0.15, 0.2) is 5.82 Å². The van der Waals surface area contributed by atoms with Crippen LogP contribution in [-0.2, 0) is 0 Å². The zero-order chi connectivity index (χ0) is 9.26. The van der Waals surface area contributed by atoms with Gasteiger partial charge in [0.2, 0.25) is 0 Å². The molecular weight excluding hydrogens is 166 g/mol. The van der Waals surface area contributed by atoms with Crippen molar-refractivity contribution >= 4 is 5.82 Å². The minimum atomic E-state index is 0.449. The Morgan fingerprint density at radius 1 is 1.77 bits per heavy atom. The highest BCUT2D eigenvalue weighted by molar-refractivity contribution is 5.40. The summed E-state index contributed by atoms with van der Waals surface area (Å²) in [6.45, 7) is 3.66. The van der Waals surface area contributed by atoms with Crippen LogP contribution in [-0.4, -0.2) is 24.3 Å². The number of hydrogen-bond donors (Lipinski definition) is 1. The monoisotopic (exact) mass is 181 g/mol. The molecule has 4 nitrogen and oxygen atoms in total. The zero-order valence-electron chi connectivity index (χ0n) is 7.86. The van der Waals surface area contributed by atoms with Gasteiger partial charge >= 0.3 is 0 Å². The number of hydrogen-bond acceptors (Lipinski definition) is 4. The van der Waals surface area contributed by atoms with Crippen LogP contribution >= 0.6 is 0 Å². The van der Waals surface area contributed by atoms with Gasteiger partial charge in [-0.25, -0.2) is 0 Å². The predicted octanol–water partition coefficient (Wildman–Crippen LogP) is 0.911.